The van der Waals surface area contributed by atoms with Crippen LogP contribution in [0.1, 0.15) is 40.5 Å². The molecule has 166 valence electrons. The Balaban J connectivity index is 0.000000491. The Morgan fingerprint density at radius 3 is 2.61 bits per heavy atom. The van der Waals surface area contributed by atoms with Crippen LogP contribution < -0.4 is 5.32 Å². The highest BCUT2D eigenvalue weighted by Crippen LogP contribution is 2.32. The zero-order valence-corrected chi connectivity index (χ0v) is 19.1. The van der Waals surface area contributed by atoms with E-state index in [4.69, 9.17) is 24.6 Å². The van der Waals surface area contributed by atoms with Crippen molar-refractivity contribution in [1.29, 1.82) is 0 Å². The van der Waals surface area contributed by atoms with Gasteiger partial charge in [0.1, 0.15) is 0 Å². The molecule has 1 aliphatic rings. The number of rotatable bonds is 5. The van der Waals surface area contributed by atoms with Gasteiger partial charge >= 0.3 is 0 Å². The van der Waals surface area contributed by atoms with Gasteiger partial charge in [-0.05, 0) is 74.2 Å². The van der Waals surface area contributed by atoms with E-state index >= 15 is 0 Å². The highest BCUT2D eigenvalue weighted by atomic mass is 35.5. The van der Waals surface area contributed by atoms with Gasteiger partial charge in [-0.1, -0.05) is 30.7 Å². The van der Waals surface area contributed by atoms with E-state index in [0.717, 1.165) is 37.0 Å². The van der Waals surface area contributed by atoms with Crippen molar-refractivity contribution in [3.63, 3.8) is 0 Å². The molecule has 4 rings (SSSR count). The Hall–Kier alpha value is -2.19. The molecular weight excluding hydrogens is 436 g/mol. The molecule has 8 heteroatoms. The third-order valence-electron chi connectivity index (χ3n) is 5.32. The zero-order valence-electron chi connectivity index (χ0n) is 17.6. The van der Waals surface area contributed by atoms with E-state index in [1.54, 1.807) is 12.1 Å². The van der Waals surface area contributed by atoms with Crippen LogP contribution >= 0.6 is 11.6 Å². The van der Waals surface area contributed by atoms with Crippen molar-refractivity contribution in [3.8, 4) is 0 Å². The van der Waals surface area contributed by atoms with Gasteiger partial charge in [0, 0.05) is 39.0 Å². The van der Waals surface area contributed by atoms with Crippen molar-refractivity contribution >= 4 is 38.4 Å². The highest BCUT2D eigenvalue weighted by molar-refractivity contribution is 7.84. The molecule has 1 unspecified atom stereocenters. The molecule has 1 aliphatic carbocycles. The Morgan fingerprint density at radius 1 is 1.23 bits per heavy atom. The maximum Gasteiger partial charge on any atom is 0.193 e. The summed E-state index contributed by atoms with van der Waals surface area (Å²) >= 11 is 6.04. The molecule has 2 aromatic carbocycles. The van der Waals surface area contributed by atoms with Crippen LogP contribution in [0, 0.1) is 5.92 Å². The summed E-state index contributed by atoms with van der Waals surface area (Å²) in [5.41, 5.74) is 5.19. The predicted molar refractivity (Wildman–Crippen MR) is 123 cm³/mol. The smallest absolute Gasteiger partial charge is 0.193 e. The lowest BCUT2D eigenvalue weighted by atomic mass is 9.86. The van der Waals surface area contributed by atoms with E-state index in [1.807, 2.05) is 30.3 Å². The number of aromatic amines is 1. The van der Waals surface area contributed by atoms with E-state index < -0.39 is 10.1 Å². The van der Waals surface area contributed by atoms with Crippen LogP contribution in [0.15, 0.2) is 42.5 Å². The Morgan fingerprint density at radius 2 is 1.94 bits per heavy atom. The number of ketones is 1. The molecule has 0 spiro atoms. The van der Waals surface area contributed by atoms with Gasteiger partial charge in [-0.2, -0.15) is 0 Å². The lowest BCUT2D eigenvalue weighted by Crippen LogP contribution is -2.26. The highest BCUT2D eigenvalue weighted by Gasteiger charge is 2.23. The molecule has 0 radical (unpaired) electrons. The molecule has 0 saturated carbocycles. The topological polar surface area (TPSA) is 102 Å². The second kappa shape index (κ2) is 9.96. The van der Waals surface area contributed by atoms with E-state index in [9.17, 15) is 4.79 Å². The molecule has 31 heavy (non-hydrogen) atoms. The molecule has 0 aliphatic heterocycles. The van der Waals surface area contributed by atoms with Crippen molar-refractivity contribution in [2.45, 2.75) is 26.2 Å². The largest absolute Gasteiger partial charge is 0.748 e. The number of aromatic nitrogens is 1. The first-order chi connectivity index (χ1) is 14.7. The van der Waals surface area contributed by atoms with E-state index in [2.05, 4.69) is 17.2 Å². The minimum absolute atomic E-state index is 0.0179. The number of carbonyl (C=O) groups excluding carboxylic acids is 1. The van der Waals surface area contributed by atoms with Gasteiger partial charge in [0.25, 0.3) is 0 Å². The van der Waals surface area contributed by atoms with Crippen LogP contribution in [0.3, 0.4) is 0 Å². The van der Waals surface area contributed by atoms with E-state index in [1.165, 1.54) is 23.1 Å². The summed E-state index contributed by atoms with van der Waals surface area (Å²) in [5, 5.41) is 5.24. The van der Waals surface area contributed by atoms with Crippen LogP contribution in [-0.2, 0) is 23.0 Å². The van der Waals surface area contributed by atoms with Crippen molar-refractivity contribution < 1.29 is 17.8 Å². The SMILES string of the molecule is CCNCC1CCc2[nH]c3ccc(C(=O)c4cccc(Cl)c4)cc3c2C1.CS(=O)(=O)[O-]. The molecule has 1 heterocycles. The van der Waals surface area contributed by atoms with Crippen molar-refractivity contribution in [2.24, 2.45) is 5.92 Å². The first kappa shape index (κ1) is 23.5. The Bertz CT molecular complexity index is 1180. The summed E-state index contributed by atoms with van der Waals surface area (Å²) < 4.78 is 27.2. The maximum atomic E-state index is 12.9. The second-order valence-electron chi connectivity index (χ2n) is 7.80. The molecule has 0 bridgehead atoms. The monoisotopic (exact) mass is 461 g/mol. The first-order valence-electron chi connectivity index (χ1n) is 10.2. The molecular formula is C23H26ClN2O4S-. The number of fused-ring (bicyclic) bond motifs is 3. The second-order valence-corrected chi connectivity index (χ2v) is 9.65. The van der Waals surface area contributed by atoms with Gasteiger partial charge in [0.05, 0.1) is 10.1 Å². The fourth-order valence-corrected chi connectivity index (χ4v) is 4.14. The Labute approximate surface area is 187 Å². The van der Waals surface area contributed by atoms with Gasteiger partial charge < -0.3 is 14.9 Å². The van der Waals surface area contributed by atoms with Crippen LogP contribution in [-0.4, -0.2) is 43.1 Å². The number of hydrogen-bond donors (Lipinski definition) is 2. The number of aryl methyl sites for hydroxylation is 1. The minimum Gasteiger partial charge on any atom is -0.748 e. The average Bonchev–Trinajstić information content (AvgIpc) is 3.07. The van der Waals surface area contributed by atoms with Gasteiger partial charge in [-0.25, -0.2) is 8.42 Å². The van der Waals surface area contributed by atoms with Gasteiger partial charge in [-0.15, -0.1) is 0 Å². The molecule has 6 nitrogen and oxygen atoms in total. The van der Waals surface area contributed by atoms with Crippen molar-refractivity contribution in [3.05, 3.63) is 69.9 Å². The molecule has 1 atom stereocenters. The fraction of sp³-hybridized carbons (Fsp3) is 0.348. The molecule has 2 N–H and O–H groups in total. The first-order valence-corrected chi connectivity index (χ1v) is 12.4. The minimum atomic E-state index is -3.92. The van der Waals surface area contributed by atoms with E-state index in [-0.39, 0.29) is 5.78 Å². The van der Waals surface area contributed by atoms with Gasteiger partial charge in [0.2, 0.25) is 0 Å². The normalized spacial score (nSPS) is 15.8. The summed E-state index contributed by atoms with van der Waals surface area (Å²) in [5.74, 6) is 0.679. The summed E-state index contributed by atoms with van der Waals surface area (Å²) in [4.78, 5) is 16.4. The van der Waals surface area contributed by atoms with Crippen LogP contribution in [0.5, 0.6) is 0 Å². The molecule has 1 aromatic heterocycles. The van der Waals surface area contributed by atoms with E-state index in [0.29, 0.717) is 22.8 Å². The average molecular weight is 462 g/mol. The quantitative estimate of drug-likeness (QED) is 0.442. The molecule has 3 aromatic rings. The van der Waals surface area contributed by atoms with Crippen LogP contribution in [0.4, 0.5) is 0 Å². The van der Waals surface area contributed by atoms with Crippen molar-refractivity contribution in [1.82, 2.24) is 10.3 Å². The fourth-order valence-electron chi connectivity index (χ4n) is 3.95. The number of H-pyrrole nitrogens is 1. The number of nitrogens with one attached hydrogen (secondary N) is 2. The summed E-state index contributed by atoms with van der Waals surface area (Å²) in [6, 6.07) is 13.1. The molecule has 0 amide bonds. The summed E-state index contributed by atoms with van der Waals surface area (Å²) in [6.45, 7) is 4.22. The van der Waals surface area contributed by atoms with Crippen LogP contribution in [0.2, 0.25) is 5.02 Å². The van der Waals surface area contributed by atoms with Crippen molar-refractivity contribution in [2.75, 3.05) is 19.3 Å². The summed E-state index contributed by atoms with van der Waals surface area (Å²) in [7, 11) is -3.92. The molecule has 0 saturated heterocycles. The number of carbonyl (C=O) groups is 1. The van der Waals surface area contributed by atoms with Crippen LogP contribution in [0.25, 0.3) is 10.9 Å². The van der Waals surface area contributed by atoms with Gasteiger partial charge in [0.15, 0.2) is 5.78 Å². The Kier molecular flexibility index (Phi) is 7.54. The summed E-state index contributed by atoms with van der Waals surface area (Å²) in [6.07, 6.45) is 3.96. The third-order valence-corrected chi connectivity index (χ3v) is 5.56. The number of hydrogen-bond acceptors (Lipinski definition) is 5. The lowest BCUT2D eigenvalue weighted by Gasteiger charge is -2.22. The van der Waals surface area contributed by atoms with Gasteiger partial charge in [-0.3, -0.25) is 4.79 Å². The molecule has 0 fully saturated rings. The number of halogens is 1. The maximum absolute atomic E-state index is 12.9. The zero-order chi connectivity index (χ0) is 22.6. The third kappa shape index (κ3) is 6.40. The lowest BCUT2D eigenvalue weighted by molar-refractivity contribution is 0.103. The predicted octanol–water partition coefficient (Wildman–Crippen LogP) is 3.93. The standard InChI is InChI=1S/C22H23ClN2O.CH4O3S/c1-2-24-13-14-6-8-20-18(10-14)19-12-16(7-9-21(19)25-20)22(26)15-4-3-5-17(23)11-15;1-5(2,3)4/h3-5,7,9,11-12,14,24-25H,2,6,8,10,13H2,1H3;1H3,(H,2,3,4)/p-1. The number of benzene rings is 2.